The maximum atomic E-state index is 2.69. The smallest absolute Gasteiger partial charge is 0.0237 e. The molecule has 0 spiro atoms. The van der Waals surface area contributed by atoms with Gasteiger partial charge in [0.15, 0.2) is 0 Å². The lowest BCUT2D eigenvalue weighted by atomic mass is 9.89. The molecule has 184 valence electrons. The summed E-state index contributed by atoms with van der Waals surface area (Å²) in [6.45, 7) is 6.75. The van der Waals surface area contributed by atoms with Gasteiger partial charge in [0.1, 0.15) is 0 Å². The number of benzene rings is 2. The molecule has 2 nitrogen and oxygen atoms in total. The Labute approximate surface area is 209 Å². The zero-order valence-electron chi connectivity index (χ0n) is 21.3. The highest BCUT2D eigenvalue weighted by Gasteiger charge is 2.18. The fraction of sp³-hybridized carbons (Fsp3) is 0.562. The van der Waals surface area contributed by atoms with Gasteiger partial charge in [0, 0.05) is 39.3 Å². The summed E-state index contributed by atoms with van der Waals surface area (Å²) >= 11 is 0. The summed E-state index contributed by atoms with van der Waals surface area (Å²) in [6, 6.07) is 22.1. The van der Waals surface area contributed by atoms with E-state index in [-0.39, 0.29) is 0 Å². The normalized spacial score (nSPS) is 18.3. The Bertz CT molecular complexity index is 734. The van der Waals surface area contributed by atoms with Gasteiger partial charge in [-0.25, -0.2) is 0 Å². The van der Waals surface area contributed by atoms with Crippen LogP contribution in [0.15, 0.2) is 72.8 Å². The quantitative estimate of drug-likeness (QED) is 0.301. The minimum atomic E-state index is 0.881. The third-order valence-electron chi connectivity index (χ3n) is 7.87. The number of rotatable bonds is 12. The fourth-order valence-electron chi connectivity index (χ4n) is 6.01. The summed E-state index contributed by atoms with van der Waals surface area (Å²) in [6.07, 6.45) is 19.1. The zero-order chi connectivity index (χ0) is 23.3. The molecule has 34 heavy (non-hydrogen) atoms. The van der Waals surface area contributed by atoms with Gasteiger partial charge in [-0.1, -0.05) is 111 Å². The third kappa shape index (κ3) is 9.04. The van der Waals surface area contributed by atoms with E-state index in [1.54, 1.807) is 0 Å². The van der Waals surface area contributed by atoms with E-state index in [9.17, 15) is 0 Å². The van der Waals surface area contributed by atoms with Crippen LogP contribution in [0.25, 0.3) is 0 Å². The van der Waals surface area contributed by atoms with Gasteiger partial charge in [-0.05, 0) is 48.6 Å². The molecule has 0 radical (unpaired) electrons. The van der Waals surface area contributed by atoms with E-state index in [1.165, 1.54) is 88.4 Å². The molecule has 2 aromatic rings. The second kappa shape index (κ2) is 14.5. The lowest BCUT2D eigenvalue weighted by Gasteiger charge is -2.30. The molecule has 0 aliphatic heterocycles. The van der Waals surface area contributed by atoms with Crippen molar-refractivity contribution < 1.29 is 0 Å². The Kier molecular flexibility index (Phi) is 10.7. The van der Waals surface area contributed by atoms with Gasteiger partial charge >= 0.3 is 0 Å². The lowest BCUT2D eigenvalue weighted by Crippen LogP contribution is -2.31. The van der Waals surface area contributed by atoms with Gasteiger partial charge in [-0.2, -0.15) is 0 Å². The molecule has 2 aromatic carbocycles. The van der Waals surface area contributed by atoms with Gasteiger partial charge in [-0.15, -0.1) is 0 Å². The van der Waals surface area contributed by atoms with E-state index in [0.717, 1.165) is 38.0 Å². The van der Waals surface area contributed by atoms with Crippen LogP contribution in [-0.4, -0.2) is 36.0 Å². The van der Waals surface area contributed by atoms with Crippen LogP contribution in [0.3, 0.4) is 0 Å². The summed E-state index contributed by atoms with van der Waals surface area (Å²) < 4.78 is 0. The molecule has 0 saturated heterocycles. The molecule has 0 bridgehead atoms. The van der Waals surface area contributed by atoms with Crippen LogP contribution in [0.4, 0.5) is 0 Å². The van der Waals surface area contributed by atoms with Crippen molar-refractivity contribution in [1.82, 2.24) is 9.80 Å². The lowest BCUT2D eigenvalue weighted by molar-refractivity contribution is 0.205. The van der Waals surface area contributed by atoms with E-state index >= 15 is 0 Å². The molecular formula is C32H46N2. The van der Waals surface area contributed by atoms with Crippen molar-refractivity contribution in [3.63, 3.8) is 0 Å². The first-order chi connectivity index (χ1) is 16.8. The Morgan fingerprint density at radius 1 is 0.529 bits per heavy atom. The van der Waals surface area contributed by atoms with Crippen LogP contribution in [0, 0.1) is 11.8 Å². The fourth-order valence-corrected chi connectivity index (χ4v) is 6.01. The highest BCUT2D eigenvalue weighted by Crippen LogP contribution is 2.26. The molecule has 0 amide bonds. The second-order valence-electron chi connectivity index (χ2n) is 10.8. The van der Waals surface area contributed by atoms with Crippen LogP contribution in [-0.2, 0) is 13.1 Å². The zero-order valence-corrected chi connectivity index (χ0v) is 21.3. The van der Waals surface area contributed by atoms with Crippen molar-refractivity contribution in [2.24, 2.45) is 11.8 Å². The SMILES string of the molecule is C(=CCN(Cc1ccccc1)CC1CCCCC1)CN(Cc1ccccc1)CC1CCCCC1. The molecule has 2 heteroatoms. The summed E-state index contributed by atoms with van der Waals surface area (Å²) in [7, 11) is 0. The number of hydrogen-bond acceptors (Lipinski definition) is 2. The van der Waals surface area contributed by atoms with Crippen LogP contribution in [0.1, 0.15) is 75.3 Å². The predicted octanol–water partition coefficient (Wildman–Crippen LogP) is 7.71. The van der Waals surface area contributed by atoms with Crippen molar-refractivity contribution in [3.05, 3.63) is 83.9 Å². The molecule has 0 aromatic heterocycles. The Hall–Kier alpha value is -1.90. The first-order valence-electron chi connectivity index (χ1n) is 14.0. The van der Waals surface area contributed by atoms with Gasteiger partial charge in [0.05, 0.1) is 0 Å². The largest absolute Gasteiger partial charge is 0.295 e. The van der Waals surface area contributed by atoms with Crippen molar-refractivity contribution >= 4 is 0 Å². The topological polar surface area (TPSA) is 6.48 Å². The second-order valence-corrected chi connectivity index (χ2v) is 10.8. The Morgan fingerprint density at radius 2 is 0.912 bits per heavy atom. The standard InChI is InChI=1S/C32H46N2/c1-5-15-29(16-6-1)25-33(26-30-17-7-2-8-18-30)23-13-14-24-34(27-31-19-9-3-10-20-31)28-32-21-11-4-12-22-32/h1,3,5-6,9-10,13-16,19-20,30,32H,2,4,7-8,11-12,17-18,21-28H2. The number of nitrogens with zero attached hydrogens (tertiary/aromatic N) is 2. The van der Waals surface area contributed by atoms with Crippen LogP contribution in [0.5, 0.6) is 0 Å². The first kappa shape index (κ1) is 25.2. The van der Waals surface area contributed by atoms with Crippen molar-refractivity contribution in [2.75, 3.05) is 26.2 Å². The highest BCUT2D eigenvalue weighted by molar-refractivity contribution is 5.15. The summed E-state index contributed by atoms with van der Waals surface area (Å²) in [5.74, 6) is 1.76. The van der Waals surface area contributed by atoms with E-state index in [2.05, 4.69) is 82.6 Å². The molecule has 2 fully saturated rings. The molecule has 4 rings (SSSR count). The summed E-state index contributed by atoms with van der Waals surface area (Å²) in [4.78, 5) is 5.37. The molecule has 0 heterocycles. The van der Waals surface area contributed by atoms with E-state index < -0.39 is 0 Å². The Morgan fingerprint density at radius 3 is 1.29 bits per heavy atom. The van der Waals surface area contributed by atoms with Crippen molar-refractivity contribution in [2.45, 2.75) is 77.3 Å². The van der Waals surface area contributed by atoms with E-state index in [1.807, 2.05) is 0 Å². The third-order valence-corrected chi connectivity index (χ3v) is 7.87. The summed E-state index contributed by atoms with van der Waals surface area (Å²) in [5.41, 5.74) is 2.88. The van der Waals surface area contributed by atoms with Gasteiger partial charge < -0.3 is 0 Å². The average Bonchev–Trinajstić information content (AvgIpc) is 2.89. The maximum Gasteiger partial charge on any atom is 0.0237 e. The molecule has 2 aliphatic rings. The molecule has 0 atom stereocenters. The van der Waals surface area contributed by atoms with Crippen LogP contribution in [0.2, 0.25) is 0 Å². The maximum absolute atomic E-state index is 2.69. The Balaban J connectivity index is 1.33. The monoisotopic (exact) mass is 458 g/mol. The van der Waals surface area contributed by atoms with Crippen molar-refractivity contribution in [1.29, 1.82) is 0 Å². The predicted molar refractivity (Wildman–Crippen MR) is 146 cm³/mol. The molecule has 0 N–H and O–H groups in total. The average molecular weight is 459 g/mol. The van der Waals surface area contributed by atoms with E-state index in [0.29, 0.717) is 0 Å². The van der Waals surface area contributed by atoms with E-state index in [4.69, 9.17) is 0 Å². The minimum absolute atomic E-state index is 0.881. The van der Waals surface area contributed by atoms with Gasteiger partial charge in [0.25, 0.3) is 0 Å². The summed E-state index contributed by atoms with van der Waals surface area (Å²) in [5, 5.41) is 0. The number of hydrogen-bond donors (Lipinski definition) is 0. The molecule has 2 saturated carbocycles. The first-order valence-corrected chi connectivity index (χ1v) is 14.0. The molecule has 0 unspecified atom stereocenters. The molecular weight excluding hydrogens is 412 g/mol. The van der Waals surface area contributed by atoms with Gasteiger partial charge in [-0.3, -0.25) is 9.80 Å². The minimum Gasteiger partial charge on any atom is -0.295 e. The van der Waals surface area contributed by atoms with Gasteiger partial charge in [0.2, 0.25) is 0 Å². The van der Waals surface area contributed by atoms with Crippen LogP contribution < -0.4 is 0 Å². The van der Waals surface area contributed by atoms with Crippen molar-refractivity contribution in [3.8, 4) is 0 Å². The highest BCUT2D eigenvalue weighted by atomic mass is 15.1. The molecule has 2 aliphatic carbocycles. The van der Waals surface area contributed by atoms with Crippen LogP contribution >= 0.6 is 0 Å².